The molecule has 3 aromatic rings. The Balaban J connectivity index is 1.81. The van der Waals surface area contributed by atoms with Gasteiger partial charge in [-0.15, -0.1) is 0 Å². The molecule has 0 aliphatic carbocycles. The fourth-order valence-corrected chi connectivity index (χ4v) is 4.19. The molecule has 33 heavy (non-hydrogen) atoms. The minimum absolute atomic E-state index is 0.168. The molecule has 166 valence electrons. The summed E-state index contributed by atoms with van der Waals surface area (Å²) in [6.45, 7) is 2.23. The number of likely N-dealkylation sites (N-methyl/N-ethyl adjacent to an activating group) is 1. The third-order valence-corrected chi connectivity index (χ3v) is 5.73. The molecular formula is C25H21FN4O3. The van der Waals surface area contributed by atoms with Crippen molar-refractivity contribution in [3.8, 4) is 11.9 Å². The quantitative estimate of drug-likeness (QED) is 0.641. The van der Waals surface area contributed by atoms with E-state index in [2.05, 4.69) is 10.3 Å². The van der Waals surface area contributed by atoms with Gasteiger partial charge in [-0.05, 0) is 42.3 Å². The minimum atomic E-state index is -0.760. The molecule has 0 bridgehead atoms. The monoisotopic (exact) mass is 444 g/mol. The summed E-state index contributed by atoms with van der Waals surface area (Å²) in [7, 11) is 1.51. The van der Waals surface area contributed by atoms with Gasteiger partial charge in [0, 0.05) is 30.1 Å². The number of nitrogens with zero attached hydrogens (tertiary/aromatic N) is 3. The number of hydrogen-bond donors (Lipinski definition) is 1. The Hall–Kier alpha value is -4.25. The van der Waals surface area contributed by atoms with Crippen LogP contribution >= 0.6 is 0 Å². The van der Waals surface area contributed by atoms with E-state index in [0.717, 1.165) is 6.07 Å². The number of aromatic nitrogens is 1. The van der Waals surface area contributed by atoms with Gasteiger partial charge in [-0.25, -0.2) is 9.37 Å². The molecule has 0 radical (unpaired) electrons. The summed E-state index contributed by atoms with van der Waals surface area (Å²) >= 11 is 0. The van der Waals surface area contributed by atoms with Gasteiger partial charge in [0.15, 0.2) is 0 Å². The van der Waals surface area contributed by atoms with E-state index in [-0.39, 0.29) is 17.4 Å². The molecule has 7 nitrogen and oxygen atoms in total. The van der Waals surface area contributed by atoms with Gasteiger partial charge in [0.25, 0.3) is 5.91 Å². The van der Waals surface area contributed by atoms with E-state index in [1.807, 2.05) is 6.92 Å². The lowest BCUT2D eigenvalue weighted by molar-refractivity contribution is -0.119. The lowest BCUT2D eigenvalue weighted by Crippen LogP contribution is -2.46. The summed E-state index contributed by atoms with van der Waals surface area (Å²) in [5.74, 6) is -1.56. The van der Waals surface area contributed by atoms with Gasteiger partial charge in [-0.3, -0.25) is 9.59 Å². The van der Waals surface area contributed by atoms with E-state index in [9.17, 15) is 14.0 Å². The van der Waals surface area contributed by atoms with E-state index in [1.165, 1.54) is 19.2 Å². The van der Waals surface area contributed by atoms with Gasteiger partial charge >= 0.3 is 0 Å². The first kappa shape index (κ1) is 22.0. The predicted molar refractivity (Wildman–Crippen MR) is 119 cm³/mol. The summed E-state index contributed by atoms with van der Waals surface area (Å²) in [5, 5.41) is 11.9. The molecule has 2 aromatic carbocycles. The van der Waals surface area contributed by atoms with E-state index < -0.39 is 17.8 Å². The second-order valence-electron chi connectivity index (χ2n) is 7.53. The first-order chi connectivity index (χ1) is 16.0. The molecule has 0 saturated carbocycles. The maximum atomic E-state index is 13.7. The van der Waals surface area contributed by atoms with Gasteiger partial charge < -0.3 is 15.0 Å². The number of nitriles is 1. The average molecular weight is 444 g/mol. The van der Waals surface area contributed by atoms with Gasteiger partial charge in [0.2, 0.25) is 11.8 Å². The van der Waals surface area contributed by atoms with E-state index in [1.54, 1.807) is 53.6 Å². The Morgan fingerprint density at radius 3 is 2.70 bits per heavy atom. The smallest absolute Gasteiger partial charge is 0.254 e. The predicted octanol–water partition coefficient (Wildman–Crippen LogP) is 4.04. The number of methoxy groups -OCH3 is 1. The van der Waals surface area contributed by atoms with Crippen molar-refractivity contribution in [2.75, 3.05) is 19.0 Å². The van der Waals surface area contributed by atoms with Crippen molar-refractivity contribution in [1.29, 1.82) is 5.26 Å². The standard InChI is InChI=1S/C25H21FN4O3/c1-3-30-23(15-8-11-21(33-2)28-14-15)22(18-6-4-5-7-19(18)25(30)32)24(31)29-17-9-10-20(26)16(12-17)13-27/h4-12,14,22-23H,3H2,1-2H3,(H,29,31). The molecule has 1 N–H and O–H groups in total. The number of fused-ring (bicyclic) bond motifs is 1. The van der Waals surface area contributed by atoms with Crippen LogP contribution in [0.2, 0.25) is 0 Å². The van der Waals surface area contributed by atoms with Crippen molar-refractivity contribution in [3.63, 3.8) is 0 Å². The number of amides is 2. The molecular weight excluding hydrogens is 423 g/mol. The Bertz CT molecular complexity index is 1250. The first-order valence-electron chi connectivity index (χ1n) is 10.4. The number of benzene rings is 2. The van der Waals surface area contributed by atoms with E-state index >= 15 is 0 Å². The first-order valence-corrected chi connectivity index (χ1v) is 10.4. The Labute approximate surface area is 190 Å². The third-order valence-electron chi connectivity index (χ3n) is 5.73. The number of carbonyl (C=O) groups is 2. The summed E-state index contributed by atoms with van der Waals surface area (Å²) in [6, 6.07) is 15.4. The molecule has 2 unspecified atom stereocenters. The summed E-state index contributed by atoms with van der Waals surface area (Å²) in [4.78, 5) is 32.8. The maximum absolute atomic E-state index is 13.7. The molecule has 1 aliphatic heterocycles. The number of nitrogens with one attached hydrogen (secondary N) is 1. The lowest BCUT2D eigenvalue weighted by Gasteiger charge is -2.41. The molecule has 8 heteroatoms. The fourth-order valence-electron chi connectivity index (χ4n) is 4.19. The van der Waals surface area contributed by atoms with Crippen LogP contribution in [0.1, 0.15) is 45.9 Å². The number of pyridine rings is 1. The maximum Gasteiger partial charge on any atom is 0.254 e. The zero-order chi connectivity index (χ0) is 23.5. The second kappa shape index (κ2) is 9.09. The average Bonchev–Trinajstić information content (AvgIpc) is 2.85. The van der Waals surface area contributed by atoms with Crippen molar-refractivity contribution in [1.82, 2.24) is 9.88 Å². The van der Waals surface area contributed by atoms with Crippen LogP contribution in [0.3, 0.4) is 0 Å². The molecule has 2 atom stereocenters. The van der Waals surface area contributed by atoms with Crippen LogP contribution in [0.25, 0.3) is 0 Å². The van der Waals surface area contributed by atoms with E-state index in [0.29, 0.717) is 34.8 Å². The highest BCUT2D eigenvalue weighted by atomic mass is 19.1. The lowest BCUT2D eigenvalue weighted by atomic mass is 9.79. The van der Waals surface area contributed by atoms with E-state index in [4.69, 9.17) is 10.00 Å². The van der Waals surface area contributed by atoms with Crippen LogP contribution in [0.15, 0.2) is 60.8 Å². The number of rotatable bonds is 5. The van der Waals surface area contributed by atoms with Crippen LogP contribution < -0.4 is 10.1 Å². The Morgan fingerprint density at radius 1 is 1.24 bits per heavy atom. The van der Waals surface area contributed by atoms with Crippen LogP contribution in [0.5, 0.6) is 5.88 Å². The van der Waals surface area contributed by atoms with Gasteiger partial charge in [-0.1, -0.05) is 24.3 Å². The Kier molecular flexibility index (Phi) is 6.05. The molecule has 0 spiro atoms. The Morgan fingerprint density at radius 2 is 2.03 bits per heavy atom. The number of hydrogen-bond acceptors (Lipinski definition) is 5. The summed E-state index contributed by atoms with van der Waals surface area (Å²) in [5.41, 5.74) is 1.85. The van der Waals surface area contributed by atoms with Crippen molar-refractivity contribution >= 4 is 17.5 Å². The van der Waals surface area contributed by atoms with Gasteiger partial charge in [-0.2, -0.15) is 5.26 Å². The molecule has 4 rings (SSSR count). The zero-order valence-electron chi connectivity index (χ0n) is 18.1. The topological polar surface area (TPSA) is 95.3 Å². The number of anilines is 1. The molecule has 2 heterocycles. The van der Waals surface area contributed by atoms with Crippen molar-refractivity contribution in [2.24, 2.45) is 0 Å². The van der Waals surface area contributed by atoms with Crippen LogP contribution in [-0.4, -0.2) is 35.4 Å². The third kappa shape index (κ3) is 4.01. The number of halogens is 1. The van der Waals surface area contributed by atoms with Crippen LogP contribution in [0, 0.1) is 17.1 Å². The minimum Gasteiger partial charge on any atom is -0.481 e. The van der Waals surface area contributed by atoms with Crippen molar-refractivity contribution < 1.29 is 18.7 Å². The molecule has 1 aromatic heterocycles. The van der Waals surface area contributed by atoms with Gasteiger partial charge in [0.05, 0.1) is 24.6 Å². The fraction of sp³-hybridized carbons (Fsp3) is 0.200. The molecule has 2 amide bonds. The second-order valence-corrected chi connectivity index (χ2v) is 7.53. The van der Waals surface area contributed by atoms with Crippen molar-refractivity contribution in [2.45, 2.75) is 18.9 Å². The normalized spacial score (nSPS) is 17.2. The number of carbonyl (C=O) groups excluding carboxylic acids is 2. The highest BCUT2D eigenvalue weighted by Gasteiger charge is 2.43. The molecule has 1 aliphatic rings. The molecule has 0 saturated heterocycles. The van der Waals surface area contributed by atoms with Crippen LogP contribution in [0.4, 0.5) is 10.1 Å². The highest BCUT2D eigenvalue weighted by molar-refractivity contribution is 6.04. The SMILES string of the molecule is CCN1C(=O)c2ccccc2C(C(=O)Nc2ccc(F)c(C#N)c2)C1c1ccc(OC)nc1. The van der Waals surface area contributed by atoms with Gasteiger partial charge in [0.1, 0.15) is 11.9 Å². The molecule has 0 fully saturated rings. The summed E-state index contributed by atoms with van der Waals surface area (Å²) < 4.78 is 18.9. The zero-order valence-corrected chi connectivity index (χ0v) is 18.1. The summed E-state index contributed by atoms with van der Waals surface area (Å²) in [6.07, 6.45) is 1.60. The van der Waals surface area contributed by atoms with Crippen molar-refractivity contribution in [3.05, 3.63) is 88.9 Å². The highest BCUT2D eigenvalue weighted by Crippen LogP contribution is 2.43. The largest absolute Gasteiger partial charge is 0.481 e. The number of ether oxygens (including phenoxy) is 1. The van der Waals surface area contributed by atoms with Crippen LogP contribution in [-0.2, 0) is 4.79 Å².